The maximum absolute atomic E-state index is 12.7. The van der Waals surface area contributed by atoms with Crippen LogP contribution in [0.5, 0.6) is 5.75 Å². The number of halogens is 1. The van der Waals surface area contributed by atoms with Gasteiger partial charge in [-0.25, -0.2) is 0 Å². The fraction of sp³-hybridized carbons (Fsp3) is 0.0909. The van der Waals surface area contributed by atoms with Gasteiger partial charge in [0.15, 0.2) is 0 Å². The third kappa shape index (κ3) is 4.39. The Bertz CT molecular complexity index is 1250. The minimum Gasteiger partial charge on any atom is -0.496 e. The summed E-state index contributed by atoms with van der Waals surface area (Å²) >= 11 is 6.69. The molecule has 0 atom stereocenters. The third-order valence-corrected chi connectivity index (χ3v) is 5.85. The number of imide groups is 1. The summed E-state index contributed by atoms with van der Waals surface area (Å²) in [5.74, 6) is 0.628. The molecular weight excluding hydrogens is 456 g/mol. The molecule has 1 aromatic heterocycles. The number of hydrogen-bond donors (Lipinski definition) is 0. The largest absolute Gasteiger partial charge is 0.496 e. The lowest BCUT2D eigenvalue weighted by molar-refractivity contribution is -0.384. The Labute approximate surface area is 191 Å². The summed E-state index contributed by atoms with van der Waals surface area (Å²) in [5.41, 5.74) is 1.07. The zero-order chi connectivity index (χ0) is 22.8. The van der Waals surface area contributed by atoms with Crippen LogP contribution >= 0.6 is 23.4 Å². The summed E-state index contributed by atoms with van der Waals surface area (Å²) in [6.45, 7) is 0.132. The predicted octanol–water partition coefficient (Wildman–Crippen LogP) is 5.75. The quantitative estimate of drug-likeness (QED) is 0.256. The van der Waals surface area contributed by atoms with Gasteiger partial charge in [0.05, 0.1) is 29.0 Å². The number of nitro groups is 1. The molecule has 162 valence electrons. The monoisotopic (exact) mass is 470 g/mol. The predicted molar refractivity (Wildman–Crippen MR) is 120 cm³/mol. The van der Waals surface area contributed by atoms with E-state index >= 15 is 0 Å². The van der Waals surface area contributed by atoms with E-state index in [1.165, 1.54) is 31.4 Å². The Morgan fingerprint density at radius 2 is 1.91 bits per heavy atom. The standard InChI is InChI=1S/C22H15ClN2O6S/c1-30-18-8-6-15(25(28)29)10-17(18)19-9-7-16(31-19)11-20-21(26)24(22(27)32-20)12-13-2-4-14(23)5-3-13/h2-11H,12H2,1H3/b20-11+. The van der Waals surface area contributed by atoms with Crippen LogP contribution in [0.25, 0.3) is 17.4 Å². The molecule has 1 aliphatic heterocycles. The normalized spacial score (nSPS) is 14.9. The molecule has 0 bridgehead atoms. The van der Waals surface area contributed by atoms with E-state index in [1.54, 1.807) is 36.4 Å². The summed E-state index contributed by atoms with van der Waals surface area (Å²) < 4.78 is 11.0. The second kappa shape index (κ2) is 8.89. The number of hydrogen-bond acceptors (Lipinski definition) is 7. The lowest BCUT2D eigenvalue weighted by atomic mass is 10.1. The van der Waals surface area contributed by atoms with Gasteiger partial charge < -0.3 is 9.15 Å². The fourth-order valence-corrected chi connectivity index (χ4v) is 4.06. The van der Waals surface area contributed by atoms with Gasteiger partial charge in [0.1, 0.15) is 17.3 Å². The number of carbonyl (C=O) groups excluding carboxylic acids is 2. The van der Waals surface area contributed by atoms with E-state index in [0.717, 1.165) is 22.2 Å². The second-order valence-electron chi connectivity index (χ2n) is 6.74. The summed E-state index contributed by atoms with van der Waals surface area (Å²) in [6.07, 6.45) is 1.47. The highest BCUT2D eigenvalue weighted by molar-refractivity contribution is 8.18. The van der Waals surface area contributed by atoms with Crippen LogP contribution in [0.2, 0.25) is 5.02 Å². The summed E-state index contributed by atoms with van der Waals surface area (Å²) in [6, 6.07) is 14.3. The first-order valence-electron chi connectivity index (χ1n) is 9.28. The van der Waals surface area contributed by atoms with Gasteiger partial charge >= 0.3 is 0 Å². The van der Waals surface area contributed by atoms with Crippen LogP contribution < -0.4 is 4.74 Å². The van der Waals surface area contributed by atoms with Crippen molar-refractivity contribution >= 4 is 46.3 Å². The van der Waals surface area contributed by atoms with E-state index in [2.05, 4.69) is 0 Å². The van der Waals surface area contributed by atoms with Crippen LogP contribution in [0, 0.1) is 10.1 Å². The van der Waals surface area contributed by atoms with Gasteiger partial charge in [0, 0.05) is 23.2 Å². The second-order valence-corrected chi connectivity index (χ2v) is 8.17. The van der Waals surface area contributed by atoms with Crippen LogP contribution in [-0.2, 0) is 11.3 Å². The van der Waals surface area contributed by atoms with E-state index in [9.17, 15) is 19.7 Å². The summed E-state index contributed by atoms with van der Waals surface area (Å²) in [4.78, 5) is 37.1. The highest BCUT2D eigenvalue weighted by Crippen LogP contribution is 2.37. The number of amides is 2. The molecular formula is C22H15ClN2O6S. The highest BCUT2D eigenvalue weighted by atomic mass is 35.5. The number of rotatable bonds is 6. The molecule has 32 heavy (non-hydrogen) atoms. The SMILES string of the molecule is COc1ccc([N+](=O)[O-])cc1-c1ccc(/C=C2/SC(=O)N(Cc3ccc(Cl)cc3)C2=O)o1. The molecule has 2 aromatic carbocycles. The van der Waals surface area contributed by atoms with E-state index in [4.69, 9.17) is 20.8 Å². The van der Waals surface area contributed by atoms with E-state index < -0.39 is 10.8 Å². The number of benzene rings is 2. The molecule has 3 aromatic rings. The topological polar surface area (TPSA) is 103 Å². The molecule has 0 radical (unpaired) electrons. The number of thioether (sulfide) groups is 1. The molecule has 1 saturated heterocycles. The number of nitro benzene ring substituents is 1. The number of methoxy groups -OCH3 is 1. The molecule has 1 aliphatic rings. The van der Waals surface area contributed by atoms with Gasteiger partial charge in [-0.2, -0.15) is 0 Å². The molecule has 0 spiro atoms. The molecule has 2 amide bonds. The third-order valence-electron chi connectivity index (χ3n) is 4.69. The molecule has 0 saturated carbocycles. The van der Waals surface area contributed by atoms with E-state index in [1.807, 2.05) is 0 Å². The maximum Gasteiger partial charge on any atom is 0.293 e. The van der Waals surface area contributed by atoms with Crippen molar-refractivity contribution in [3.8, 4) is 17.1 Å². The lowest BCUT2D eigenvalue weighted by Gasteiger charge is -2.12. The van der Waals surface area contributed by atoms with Crippen LogP contribution in [-0.4, -0.2) is 28.1 Å². The molecule has 1 fully saturated rings. The minimum atomic E-state index is -0.510. The molecule has 8 nitrogen and oxygen atoms in total. The van der Waals surface area contributed by atoms with Crippen molar-refractivity contribution in [1.82, 2.24) is 4.90 Å². The van der Waals surface area contributed by atoms with Crippen molar-refractivity contribution in [2.24, 2.45) is 0 Å². The summed E-state index contributed by atoms with van der Waals surface area (Å²) in [5, 5.41) is 11.3. The first kappa shape index (κ1) is 21.7. The molecule has 4 rings (SSSR count). The average Bonchev–Trinajstić information content (AvgIpc) is 3.35. The van der Waals surface area contributed by atoms with Crippen LogP contribution in [0.15, 0.2) is 63.9 Å². The number of nitrogens with zero attached hydrogens (tertiary/aromatic N) is 2. The van der Waals surface area contributed by atoms with Crippen LogP contribution in [0.4, 0.5) is 10.5 Å². The van der Waals surface area contributed by atoms with Crippen molar-refractivity contribution in [2.75, 3.05) is 7.11 Å². The van der Waals surface area contributed by atoms with Crippen molar-refractivity contribution in [1.29, 1.82) is 0 Å². The van der Waals surface area contributed by atoms with Crippen LogP contribution in [0.3, 0.4) is 0 Å². The minimum absolute atomic E-state index is 0.109. The summed E-state index contributed by atoms with van der Waals surface area (Å²) in [7, 11) is 1.45. The molecule has 0 N–H and O–H groups in total. The van der Waals surface area contributed by atoms with E-state index in [0.29, 0.717) is 27.9 Å². The van der Waals surface area contributed by atoms with Gasteiger partial charge in [-0.15, -0.1) is 0 Å². The van der Waals surface area contributed by atoms with Gasteiger partial charge in [-0.3, -0.25) is 24.6 Å². The van der Waals surface area contributed by atoms with Crippen LogP contribution in [0.1, 0.15) is 11.3 Å². The van der Waals surface area contributed by atoms with Gasteiger partial charge in [0.25, 0.3) is 16.8 Å². The molecule has 0 aliphatic carbocycles. The van der Waals surface area contributed by atoms with Crippen molar-refractivity contribution in [3.05, 3.63) is 86.0 Å². The van der Waals surface area contributed by atoms with Gasteiger partial charge in [0.2, 0.25) is 0 Å². The van der Waals surface area contributed by atoms with Crippen molar-refractivity contribution in [3.63, 3.8) is 0 Å². The highest BCUT2D eigenvalue weighted by Gasteiger charge is 2.35. The Morgan fingerprint density at radius 3 is 2.59 bits per heavy atom. The Kier molecular flexibility index (Phi) is 6.02. The fourth-order valence-electron chi connectivity index (χ4n) is 3.12. The molecule has 10 heteroatoms. The van der Waals surface area contributed by atoms with E-state index in [-0.39, 0.29) is 22.4 Å². The number of furan rings is 1. The average molecular weight is 471 g/mol. The first-order chi connectivity index (χ1) is 15.4. The maximum atomic E-state index is 12.7. The van der Waals surface area contributed by atoms with Gasteiger partial charge in [-0.05, 0) is 47.7 Å². The van der Waals surface area contributed by atoms with Gasteiger partial charge in [-0.1, -0.05) is 23.7 Å². The number of ether oxygens (including phenoxy) is 1. The zero-order valence-corrected chi connectivity index (χ0v) is 18.2. The Balaban J connectivity index is 1.58. The number of carbonyl (C=O) groups is 2. The molecule has 0 unspecified atom stereocenters. The Hall–Kier alpha value is -3.56. The van der Waals surface area contributed by atoms with Crippen molar-refractivity contribution < 1.29 is 23.7 Å². The Morgan fingerprint density at radius 1 is 1.16 bits per heavy atom. The number of non-ortho nitro benzene ring substituents is 1. The zero-order valence-electron chi connectivity index (χ0n) is 16.6. The molecule has 2 heterocycles. The smallest absolute Gasteiger partial charge is 0.293 e. The lowest BCUT2D eigenvalue weighted by Crippen LogP contribution is -2.27. The van der Waals surface area contributed by atoms with Crippen molar-refractivity contribution in [2.45, 2.75) is 6.54 Å². The first-order valence-corrected chi connectivity index (χ1v) is 10.5.